The van der Waals surface area contributed by atoms with Gasteiger partial charge in [0.2, 0.25) is 6.33 Å². The maximum Gasteiger partial charge on any atom is 0.673 e. The smallest absolute Gasteiger partial charge is 0.418 e. The van der Waals surface area contributed by atoms with Crippen molar-refractivity contribution in [2.24, 2.45) is 4.99 Å². The van der Waals surface area contributed by atoms with Crippen LogP contribution in [-0.2, 0) is 0 Å². The third-order valence-electron chi connectivity index (χ3n) is 2.45. The van der Waals surface area contributed by atoms with Crippen LogP contribution in [0.2, 0.25) is 0 Å². The summed E-state index contributed by atoms with van der Waals surface area (Å²) in [5.41, 5.74) is 2.27. The largest absolute Gasteiger partial charge is 0.673 e. The van der Waals surface area contributed by atoms with Gasteiger partial charge in [-0.2, -0.15) is 0 Å². The van der Waals surface area contributed by atoms with Crippen molar-refractivity contribution in [3.8, 4) is 0 Å². The molecule has 0 bridgehead atoms. The molecule has 0 unspecified atom stereocenters. The predicted octanol–water partition coefficient (Wildman–Crippen LogP) is 3.57. The molecule has 3 rings (SSSR count). The lowest BCUT2D eigenvalue weighted by Crippen LogP contribution is -2.21. The van der Waals surface area contributed by atoms with Gasteiger partial charge in [-0.25, -0.2) is 0 Å². The molecular formula is C14H17BF4N4. The lowest BCUT2D eigenvalue weighted by Gasteiger charge is -2.21. The lowest BCUT2D eigenvalue weighted by atomic mass is 10.3. The number of anilines is 1. The molecule has 0 aliphatic carbocycles. The second-order valence-corrected chi connectivity index (χ2v) is 4.38. The maximum absolute atomic E-state index is 9.75. The number of para-hydroxylation sites is 1. The first kappa shape index (κ1) is 18.5. The third-order valence-corrected chi connectivity index (χ3v) is 2.45. The van der Waals surface area contributed by atoms with E-state index >= 15 is 0 Å². The van der Waals surface area contributed by atoms with Crippen LogP contribution >= 0.6 is 0 Å². The Morgan fingerprint density at radius 2 is 1.83 bits per heavy atom. The van der Waals surface area contributed by atoms with Gasteiger partial charge in [0.15, 0.2) is 0 Å². The van der Waals surface area contributed by atoms with Gasteiger partial charge in [-0.1, -0.05) is 18.2 Å². The van der Waals surface area contributed by atoms with Gasteiger partial charge in [-0.3, -0.25) is 15.0 Å². The highest BCUT2D eigenvalue weighted by molar-refractivity contribution is 6.50. The van der Waals surface area contributed by atoms with Gasteiger partial charge in [0.05, 0.1) is 12.2 Å². The van der Waals surface area contributed by atoms with Crippen molar-refractivity contribution in [1.82, 2.24) is 4.98 Å². The minimum absolute atomic E-state index is 0.862. The molecule has 1 aliphatic heterocycles. The quantitative estimate of drug-likeness (QED) is 0.631. The number of hydrogen-bond acceptors (Lipinski definition) is 2. The monoisotopic (exact) mass is 328 g/mol. The van der Waals surface area contributed by atoms with Crippen LogP contribution in [0.5, 0.6) is 0 Å². The van der Waals surface area contributed by atoms with Gasteiger partial charge >= 0.3 is 7.25 Å². The van der Waals surface area contributed by atoms with Crippen LogP contribution in [0.15, 0.2) is 65.9 Å². The molecule has 1 aromatic heterocycles. The maximum atomic E-state index is 9.75. The molecule has 9 heteroatoms. The van der Waals surface area contributed by atoms with Crippen LogP contribution in [0.3, 0.4) is 0 Å². The molecule has 1 aliphatic rings. The molecule has 2 N–H and O–H groups in total. The third kappa shape index (κ3) is 9.89. The van der Waals surface area contributed by atoms with Crippen molar-refractivity contribution in [2.75, 3.05) is 11.4 Å². The first-order chi connectivity index (χ1) is 10.9. The summed E-state index contributed by atoms with van der Waals surface area (Å²) in [5, 5.41) is 0. The number of nitrogens with zero attached hydrogens (tertiary/aromatic N) is 2. The van der Waals surface area contributed by atoms with Gasteiger partial charge in [0.25, 0.3) is 0 Å². The second kappa shape index (κ2) is 9.44. The number of hydrogen-bond donors (Lipinski definition) is 1. The van der Waals surface area contributed by atoms with E-state index in [2.05, 4.69) is 38.2 Å². The van der Waals surface area contributed by atoms with E-state index in [4.69, 9.17) is 0 Å². The summed E-state index contributed by atoms with van der Waals surface area (Å²) in [5.74, 6) is 0. The minimum Gasteiger partial charge on any atom is -0.418 e. The van der Waals surface area contributed by atoms with E-state index in [0.717, 1.165) is 12.2 Å². The fraction of sp³-hybridized carbons (Fsp3) is 0.143. The molecule has 2 aromatic rings. The molecule has 0 fully saturated rings. The summed E-state index contributed by atoms with van der Waals surface area (Å²) in [6, 6.07) is 10.3. The Morgan fingerprint density at radius 3 is 2.26 bits per heavy atom. The average Bonchev–Trinajstić information content (AvgIpc) is 3.06. The number of aromatic nitrogens is 2. The molecule has 0 radical (unpaired) electrons. The number of aromatic amines is 2. The molecule has 0 saturated carbocycles. The highest BCUT2D eigenvalue weighted by atomic mass is 19.5. The van der Waals surface area contributed by atoms with Gasteiger partial charge in [-0.05, 0) is 19.1 Å². The fourth-order valence-corrected chi connectivity index (χ4v) is 1.62. The molecular weight excluding hydrogens is 311 g/mol. The molecule has 23 heavy (non-hydrogen) atoms. The van der Waals surface area contributed by atoms with Crippen LogP contribution in [0, 0.1) is 0 Å². The van der Waals surface area contributed by atoms with E-state index < -0.39 is 7.25 Å². The molecule has 1 aromatic carbocycles. The van der Waals surface area contributed by atoms with Crippen molar-refractivity contribution in [2.45, 2.75) is 6.92 Å². The van der Waals surface area contributed by atoms with Gasteiger partial charge in [-0.15, -0.1) is 0 Å². The number of halogens is 4. The standard InChI is InChI=1S/C11H12N2.C3H4N2.BF4/c1-10-9-13(8-7-12-10)11-5-3-2-4-6-11;1-2-5-3-4-1;2-1(3,4)5/h2-7,9H,8H2,1H3;1-3H,(H,4,5);/q;;-1/p+1. The minimum atomic E-state index is -6.00. The first-order valence-corrected chi connectivity index (χ1v) is 6.75. The number of imidazole rings is 1. The number of aliphatic imine (C=N–C) groups is 1. The Kier molecular flexibility index (Phi) is 7.59. The predicted molar refractivity (Wildman–Crippen MR) is 83.6 cm³/mol. The summed E-state index contributed by atoms with van der Waals surface area (Å²) in [7, 11) is -6.00. The number of benzene rings is 1. The van der Waals surface area contributed by atoms with Gasteiger partial charge in [0.1, 0.15) is 12.4 Å². The zero-order valence-corrected chi connectivity index (χ0v) is 12.5. The Hall–Kier alpha value is -2.58. The summed E-state index contributed by atoms with van der Waals surface area (Å²) in [4.78, 5) is 12.0. The summed E-state index contributed by atoms with van der Waals surface area (Å²) < 4.78 is 39.0. The molecule has 4 nitrogen and oxygen atoms in total. The lowest BCUT2D eigenvalue weighted by molar-refractivity contribution is -0.375. The highest BCUT2D eigenvalue weighted by Gasteiger charge is 2.20. The Morgan fingerprint density at radius 1 is 1.17 bits per heavy atom. The topological polar surface area (TPSA) is 45.5 Å². The van der Waals surface area contributed by atoms with E-state index in [1.165, 1.54) is 5.69 Å². The zero-order valence-electron chi connectivity index (χ0n) is 12.5. The normalized spacial score (nSPS) is 13.3. The zero-order chi connectivity index (χ0) is 17.1. The summed E-state index contributed by atoms with van der Waals surface area (Å²) in [6.07, 6.45) is 9.39. The molecule has 124 valence electrons. The van der Waals surface area contributed by atoms with Crippen LogP contribution in [0.1, 0.15) is 6.92 Å². The van der Waals surface area contributed by atoms with Crippen LogP contribution < -0.4 is 9.88 Å². The second-order valence-electron chi connectivity index (χ2n) is 4.38. The first-order valence-electron chi connectivity index (χ1n) is 6.75. The Bertz CT molecular complexity index is 574. The van der Waals surface area contributed by atoms with Crippen molar-refractivity contribution in [1.29, 1.82) is 0 Å². The molecule has 0 atom stereocenters. The summed E-state index contributed by atoms with van der Waals surface area (Å²) >= 11 is 0. The van der Waals surface area contributed by atoms with E-state index in [-0.39, 0.29) is 0 Å². The van der Waals surface area contributed by atoms with Gasteiger partial charge in [0, 0.05) is 18.1 Å². The number of nitrogens with one attached hydrogen (secondary N) is 2. The number of H-pyrrole nitrogens is 2. The Labute approximate surface area is 131 Å². The van der Waals surface area contributed by atoms with E-state index in [1.807, 2.05) is 43.7 Å². The van der Waals surface area contributed by atoms with Gasteiger partial charge < -0.3 is 22.2 Å². The van der Waals surface area contributed by atoms with E-state index in [0.29, 0.717) is 0 Å². The number of rotatable bonds is 1. The molecule has 0 saturated heterocycles. The van der Waals surface area contributed by atoms with E-state index in [1.54, 1.807) is 6.33 Å². The fourth-order valence-electron chi connectivity index (χ4n) is 1.62. The number of allylic oxidation sites excluding steroid dienone is 1. The van der Waals surface area contributed by atoms with Crippen molar-refractivity contribution in [3.63, 3.8) is 0 Å². The molecule has 0 amide bonds. The summed E-state index contributed by atoms with van der Waals surface area (Å²) in [6.45, 7) is 2.87. The van der Waals surface area contributed by atoms with E-state index in [9.17, 15) is 17.3 Å². The van der Waals surface area contributed by atoms with Crippen LogP contribution in [-0.4, -0.2) is 25.0 Å². The molecule has 2 heterocycles. The SMILES string of the molecule is CC1=CN(c2ccccc2)CC=N1.F[B-](F)(F)F.c1c[nH+]c[nH]1. The van der Waals surface area contributed by atoms with Crippen LogP contribution in [0.25, 0.3) is 0 Å². The van der Waals surface area contributed by atoms with Crippen molar-refractivity contribution >= 4 is 19.2 Å². The highest BCUT2D eigenvalue weighted by Crippen LogP contribution is 2.16. The van der Waals surface area contributed by atoms with Crippen molar-refractivity contribution < 1.29 is 22.2 Å². The van der Waals surface area contributed by atoms with Crippen LogP contribution in [0.4, 0.5) is 23.0 Å². The molecule has 0 spiro atoms. The van der Waals surface area contributed by atoms with Crippen molar-refractivity contribution in [3.05, 3.63) is 60.9 Å². The Balaban J connectivity index is 0.000000218. The average molecular weight is 328 g/mol.